The Kier molecular flexibility index (Phi) is 6.42. The van der Waals surface area contributed by atoms with Crippen LogP contribution in [0.3, 0.4) is 0 Å². The Morgan fingerprint density at radius 1 is 1.03 bits per heavy atom. The lowest BCUT2D eigenvalue weighted by Gasteiger charge is -2.27. The predicted octanol–water partition coefficient (Wildman–Crippen LogP) is 3.07. The van der Waals surface area contributed by atoms with E-state index in [0.717, 1.165) is 30.5 Å². The van der Waals surface area contributed by atoms with E-state index in [9.17, 15) is 9.59 Å². The quantitative estimate of drug-likeness (QED) is 0.734. The van der Waals surface area contributed by atoms with Crippen LogP contribution < -0.4 is 5.32 Å². The summed E-state index contributed by atoms with van der Waals surface area (Å²) in [5.74, 6) is -0.0192. The molecule has 1 fully saturated rings. The van der Waals surface area contributed by atoms with Crippen LogP contribution in [0.15, 0.2) is 65.8 Å². The zero-order valence-corrected chi connectivity index (χ0v) is 17.0. The second-order valence-electron chi connectivity index (χ2n) is 7.95. The van der Waals surface area contributed by atoms with E-state index in [2.05, 4.69) is 22.6 Å². The summed E-state index contributed by atoms with van der Waals surface area (Å²) < 4.78 is 0. The molecule has 0 spiro atoms. The first kappa shape index (κ1) is 20.1. The Labute approximate surface area is 176 Å². The molecule has 2 aromatic rings. The number of rotatable bonds is 8. The summed E-state index contributed by atoms with van der Waals surface area (Å²) in [6.07, 6.45) is 2.87. The number of amides is 2. The molecule has 156 valence electrons. The van der Waals surface area contributed by atoms with E-state index in [1.54, 1.807) is 4.90 Å². The maximum atomic E-state index is 13.3. The SMILES string of the molecule is O=C1CC[C@@H](CN(Cc2ccccc2)C(=O)[C@@H]2CC(CCc3ccccc3)=NO2)N1. The molecule has 2 aliphatic rings. The Balaban J connectivity index is 1.36. The molecule has 0 aromatic heterocycles. The summed E-state index contributed by atoms with van der Waals surface area (Å²) in [4.78, 5) is 32.2. The molecule has 6 nitrogen and oxygen atoms in total. The van der Waals surface area contributed by atoms with Crippen molar-refractivity contribution in [2.45, 2.75) is 50.8 Å². The fraction of sp³-hybridized carbons (Fsp3) is 0.375. The van der Waals surface area contributed by atoms with Crippen molar-refractivity contribution in [2.75, 3.05) is 6.54 Å². The van der Waals surface area contributed by atoms with Gasteiger partial charge < -0.3 is 15.1 Å². The minimum absolute atomic E-state index is 0.00923. The van der Waals surface area contributed by atoms with Gasteiger partial charge in [-0.3, -0.25) is 9.59 Å². The topological polar surface area (TPSA) is 71.0 Å². The normalized spacial score (nSPS) is 20.4. The Hall–Kier alpha value is -3.15. The number of benzene rings is 2. The van der Waals surface area contributed by atoms with Gasteiger partial charge in [-0.1, -0.05) is 65.8 Å². The van der Waals surface area contributed by atoms with E-state index in [4.69, 9.17) is 4.84 Å². The van der Waals surface area contributed by atoms with Crippen molar-refractivity contribution in [2.24, 2.45) is 5.16 Å². The average molecular weight is 405 g/mol. The van der Waals surface area contributed by atoms with Gasteiger partial charge in [0, 0.05) is 32.0 Å². The lowest BCUT2D eigenvalue weighted by Crippen LogP contribution is -2.45. The van der Waals surface area contributed by atoms with Crippen LogP contribution in [0.5, 0.6) is 0 Å². The van der Waals surface area contributed by atoms with Gasteiger partial charge in [0.1, 0.15) is 0 Å². The van der Waals surface area contributed by atoms with Gasteiger partial charge in [-0.2, -0.15) is 0 Å². The van der Waals surface area contributed by atoms with Crippen molar-refractivity contribution in [3.63, 3.8) is 0 Å². The summed E-state index contributed by atoms with van der Waals surface area (Å²) in [6, 6.07) is 20.1. The van der Waals surface area contributed by atoms with Crippen molar-refractivity contribution in [1.29, 1.82) is 0 Å². The standard InChI is InChI=1S/C24H27N3O3/c28-23-14-13-21(25-23)17-27(16-19-9-5-2-6-10-19)24(29)22-15-20(26-30-22)12-11-18-7-3-1-4-8-18/h1-10,21-22H,11-17H2,(H,25,28)/t21-,22-/m0/s1. The molecule has 30 heavy (non-hydrogen) atoms. The Bertz CT molecular complexity index is 898. The van der Waals surface area contributed by atoms with Gasteiger partial charge in [-0.15, -0.1) is 0 Å². The largest absolute Gasteiger partial charge is 0.382 e. The van der Waals surface area contributed by atoms with E-state index in [-0.39, 0.29) is 17.9 Å². The lowest BCUT2D eigenvalue weighted by molar-refractivity contribution is -0.143. The van der Waals surface area contributed by atoms with Crippen molar-refractivity contribution < 1.29 is 14.4 Å². The Morgan fingerprint density at radius 3 is 2.40 bits per heavy atom. The van der Waals surface area contributed by atoms with Crippen LogP contribution in [0.4, 0.5) is 0 Å². The molecule has 1 N–H and O–H groups in total. The van der Waals surface area contributed by atoms with Crippen LogP contribution in [-0.2, 0) is 27.4 Å². The van der Waals surface area contributed by atoms with E-state index in [1.165, 1.54) is 5.56 Å². The van der Waals surface area contributed by atoms with Gasteiger partial charge in [-0.05, 0) is 30.4 Å². The minimum Gasteiger partial charge on any atom is -0.382 e. The third-order valence-corrected chi connectivity index (χ3v) is 5.60. The predicted molar refractivity (Wildman–Crippen MR) is 115 cm³/mol. The second-order valence-corrected chi connectivity index (χ2v) is 7.95. The number of nitrogens with one attached hydrogen (secondary N) is 1. The van der Waals surface area contributed by atoms with Crippen LogP contribution in [0.1, 0.15) is 36.8 Å². The van der Waals surface area contributed by atoms with Gasteiger partial charge >= 0.3 is 0 Å². The fourth-order valence-corrected chi connectivity index (χ4v) is 3.96. The molecular formula is C24H27N3O3. The summed E-state index contributed by atoms with van der Waals surface area (Å²) in [6.45, 7) is 0.976. The highest BCUT2D eigenvalue weighted by Crippen LogP contribution is 2.20. The zero-order chi connectivity index (χ0) is 20.8. The molecule has 2 heterocycles. The van der Waals surface area contributed by atoms with Crippen molar-refractivity contribution in [3.05, 3.63) is 71.8 Å². The van der Waals surface area contributed by atoms with Crippen LogP contribution in [0.2, 0.25) is 0 Å². The molecule has 2 aromatic carbocycles. The van der Waals surface area contributed by atoms with Crippen molar-refractivity contribution in [1.82, 2.24) is 10.2 Å². The number of nitrogens with zero attached hydrogens (tertiary/aromatic N) is 2. The van der Waals surface area contributed by atoms with Crippen LogP contribution in [0.25, 0.3) is 0 Å². The average Bonchev–Trinajstić information content (AvgIpc) is 3.42. The summed E-state index contributed by atoms with van der Waals surface area (Å²) in [5.41, 5.74) is 3.22. The maximum Gasteiger partial charge on any atom is 0.267 e. The van der Waals surface area contributed by atoms with E-state index < -0.39 is 6.10 Å². The van der Waals surface area contributed by atoms with Gasteiger partial charge in [0.05, 0.1) is 5.71 Å². The first-order valence-corrected chi connectivity index (χ1v) is 10.5. The third-order valence-electron chi connectivity index (χ3n) is 5.60. The van der Waals surface area contributed by atoms with E-state index in [1.807, 2.05) is 48.5 Å². The molecule has 6 heteroatoms. The number of hydrogen-bond donors (Lipinski definition) is 1. The number of hydrogen-bond acceptors (Lipinski definition) is 4. The second kappa shape index (κ2) is 9.57. The summed E-state index contributed by atoms with van der Waals surface area (Å²) >= 11 is 0. The van der Waals surface area contributed by atoms with Crippen LogP contribution in [-0.4, -0.2) is 41.1 Å². The first-order chi connectivity index (χ1) is 14.7. The summed E-state index contributed by atoms with van der Waals surface area (Å²) in [5, 5.41) is 7.15. The molecule has 4 rings (SSSR count). The van der Waals surface area contributed by atoms with Gasteiger partial charge in [0.15, 0.2) is 0 Å². The lowest BCUT2D eigenvalue weighted by atomic mass is 10.0. The van der Waals surface area contributed by atoms with Gasteiger partial charge in [-0.25, -0.2) is 0 Å². The highest BCUT2D eigenvalue weighted by molar-refractivity contribution is 5.93. The maximum absolute atomic E-state index is 13.3. The summed E-state index contributed by atoms with van der Waals surface area (Å²) in [7, 11) is 0. The smallest absolute Gasteiger partial charge is 0.267 e. The Morgan fingerprint density at radius 2 is 1.73 bits per heavy atom. The molecule has 0 radical (unpaired) electrons. The van der Waals surface area contributed by atoms with Crippen LogP contribution in [0, 0.1) is 0 Å². The third kappa shape index (κ3) is 5.26. The van der Waals surface area contributed by atoms with Gasteiger partial charge in [0.2, 0.25) is 12.0 Å². The number of aryl methyl sites for hydroxylation is 1. The van der Waals surface area contributed by atoms with E-state index >= 15 is 0 Å². The molecule has 2 atom stereocenters. The first-order valence-electron chi connectivity index (χ1n) is 10.5. The fourth-order valence-electron chi connectivity index (χ4n) is 3.96. The number of carbonyl (C=O) groups is 2. The number of carbonyl (C=O) groups excluding carboxylic acids is 2. The molecular weight excluding hydrogens is 378 g/mol. The van der Waals surface area contributed by atoms with Crippen LogP contribution >= 0.6 is 0 Å². The van der Waals surface area contributed by atoms with E-state index in [0.29, 0.717) is 25.9 Å². The zero-order valence-electron chi connectivity index (χ0n) is 17.0. The van der Waals surface area contributed by atoms with Gasteiger partial charge in [0.25, 0.3) is 5.91 Å². The molecule has 0 saturated carbocycles. The molecule has 1 saturated heterocycles. The van der Waals surface area contributed by atoms with Crippen molar-refractivity contribution in [3.8, 4) is 0 Å². The highest BCUT2D eigenvalue weighted by atomic mass is 16.6. The van der Waals surface area contributed by atoms with Crippen molar-refractivity contribution >= 4 is 17.5 Å². The molecule has 0 bridgehead atoms. The monoisotopic (exact) mass is 405 g/mol. The molecule has 2 aliphatic heterocycles. The number of oxime groups is 1. The highest BCUT2D eigenvalue weighted by Gasteiger charge is 2.34. The molecule has 0 unspecified atom stereocenters. The molecule has 0 aliphatic carbocycles. The molecule has 2 amide bonds. The minimum atomic E-state index is -0.586.